The Morgan fingerprint density at radius 3 is 2.72 bits per heavy atom. The van der Waals surface area contributed by atoms with E-state index in [0.717, 1.165) is 12.8 Å². The summed E-state index contributed by atoms with van der Waals surface area (Å²) in [5, 5.41) is 0. The van der Waals surface area contributed by atoms with Crippen molar-refractivity contribution in [2.75, 3.05) is 18.9 Å². The van der Waals surface area contributed by atoms with E-state index in [9.17, 15) is 8.42 Å². The Bertz CT molecular complexity index is 496. The van der Waals surface area contributed by atoms with Crippen molar-refractivity contribution in [3.63, 3.8) is 0 Å². The maximum Gasteiger partial charge on any atom is 0.216 e. The van der Waals surface area contributed by atoms with Crippen LogP contribution >= 0.6 is 0 Å². The smallest absolute Gasteiger partial charge is 0.216 e. The first-order valence-corrected chi connectivity index (χ1v) is 7.62. The number of ether oxygens (including phenoxy) is 1. The predicted molar refractivity (Wildman–Crippen MR) is 70.5 cm³/mol. The molecule has 18 heavy (non-hydrogen) atoms. The van der Waals surface area contributed by atoms with Gasteiger partial charge in [0.15, 0.2) is 0 Å². The minimum absolute atomic E-state index is 0.00944. The van der Waals surface area contributed by atoms with Crippen LogP contribution in [-0.4, -0.2) is 27.7 Å². The van der Waals surface area contributed by atoms with Crippen LogP contribution < -0.4 is 10.5 Å². The van der Waals surface area contributed by atoms with Gasteiger partial charge in [0.05, 0.1) is 5.75 Å². The Morgan fingerprint density at radius 2 is 2.06 bits per heavy atom. The van der Waals surface area contributed by atoms with Crippen molar-refractivity contribution in [2.45, 2.75) is 24.6 Å². The standard InChI is InChI=1S/C12H18N2O3S/c13-11-3-1-2-10(8-11)9-18(15,16)14-12-4-6-17-7-5-12/h1-3,8,12,14H,4-7,9,13H2. The van der Waals surface area contributed by atoms with Crippen LogP contribution in [0.25, 0.3) is 0 Å². The fraction of sp³-hybridized carbons (Fsp3) is 0.500. The molecule has 100 valence electrons. The molecule has 0 bridgehead atoms. The molecule has 6 heteroatoms. The summed E-state index contributed by atoms with van der Waals surface area (Å²) in [6.07, 6.45) is 1.46. The Morgan fingerprint density at radius 1 is 1.33 bits per heavy atom. The summed E-state index contributed by atoms with van der Waals surface area (Å²) in [5.41, 5.74) is 6.91. The molecule has 1 heterocycles. The van der Waals surface area contributed by atoms with Crippen molar-refractivity contribution in [3.05, 3.63) is 29.8 Å². The Labute approximate surface area is 107 Å². The Balaban J connectivity index is 1.98. The third-order valence-electron chi connectivity index (χ3n) is 2.88. The van der Waals surface area contributed by atoms with Crippen LogP contribution in [0.15, 0.2) is 24.3 Å². The molecule has 0 aliphatic carbocycles. The van der Waals surface area contributed by atoms with E-state index < -0.39 is 10.0 Å². The highest BCUT2D eigenvalue weighted by molar-refractivity contribution is 7.88. The van der Waals surface area contributed by atoms with Gasteiger partial charge in [0.25, 0.3) is 0 Å². The molecule has 1 saturated heterocycles. The first-order chi connectivity index (χ1) is 8.55. The number of nitrogens with one attached hydrogen (secondary N) is 1. The maximum atomic E-state index is 12.0. The van der Waals surface area contributed by atoms with E-state index >= 15 is 0 Å². The number of anilines is 1. The quantitative estimate of drug-likeness (QED) is 0.795. The minimum atomic E-state index is -3.31. The number of hydrogen-bond acceptors (Lipinski definition) is 4. The zero-order valence-corrected chi connectivity index (χ0v) is 10.9. The van der Waals surface area contributed by atoms with Crippen molar-refractivity contribution >= 4 is 15.7 Å². The molecule has 1 aromatic carbocycles. The highest BCUT2D eigenvalue weighted by Crippen LogP contribution is 2.12. The lowest BCUT2D eigenvalue weighted by Gasteiger charge is -2.22. The van der Waals surface area contributed by atoms with Gasteiger partial charge in [-0.15, -0.1) is 0 Å². The molecule has 2 rings (SSSR count). The molecule has 0 saturated carbocycles. The second kappa shape index (κ2) is 5.69. The molecule has 0 amide bonds. The molecule has 0 spiro atoms. The maximum absolute atomic E-state index is 12.0. The summed E-state index contributed by atoms with van der Waals surface area (Å²) >= 11 is 0. The molecular formula is C12H18N2O3S. The van der Waals surface area contributed by atoms with Crippen molar-refractivity contribution in [3.8, 4) is 0 Å². The highest BCUT2D eigenvalue weighted by atomic mass is 32.2. The normalized spacial score (nSPS) is 17.8. The molecule has 1 aromatic rings. The summed E-state index contributed by atoms with van der Waals surface area (Å²) in [7, 11) is -3.31. The molecule has 0 atom stereocenters. The fourth-order valence-corrected chi connectivity index (χ4v) is 3.46. The number of nitrogen functional groups attached to an aromatic ring is 1. The summed E-state index contributed by atoms with van der Waals surface area (Å²) in [5.74, 6) is -0.0323. The number of benzene rings is 1. The molecule has 0 unspecified atom stereocenters. The second-order valence-corrected chi connectivity index (χ2v) is 6.26. The lowest BCUT2D eigenvalue weighted by atomic mass is 10.1. The average molecular weight is 270 g/mol. The van der Waals surface area contributed by atoms with Crippen molar-refractivity contribution in [1.82, 2.24) is 4.72 Å². The van der Waals surface area contributed by atoms with Gasteiger partial charge in [-0.2, -0.15) is 0 Å². The second-order valence-electron chi connectivity index (χ2n) is 4.51. The summed E-state index contributed by atoms with van der Waals surface area (Å²) in [4.78, 5) is 0. The van der Waals surface area contributed by atoms with Gasteiger partial charge < -0.3 is 10.5 Å². The molecule has 0 aromatic heterocycles. The highest BCUT2D eigenvalue weighted by Gasteiger charge is 2.20. The van der Waals surface area contributed by atoms with Crippen LogP contribution in [-0.2, 0) is 20.5 Å². The molecule has 1 aliphatic rings. The summed E-state index contributed by atoms with van der Waals surface area (Å²) < 4.78 is 31.9. The Kier molecular flexibility index (Phi) is 4.21. The van der Waals surface area contributed by atoms with Gasteiger partial charge >= 0.3 is 0 Å². The minimum Gasteiger partial charge on any atom is -0.399 e. The van der Waals surface area contributed by atoms with Crippen molar-refractivity contribution in [2.24, 2.45) is 0 Å². The van der Waals surface area contributed by atoms with Gasteiger partial charge in [-0.25, -0.2) is 13.1 Å². The predicted octanol–water partition coefficient (Wildman–Crippen LogP) is 0.867. The number of nitrogens with two attached hydrogens (primary N) is 1. The first-order valence-electron chi connectivity index (χ1n) is 5.97. The largest absolute Gasteiger partial charge is 0.399 e. The lowest BCUT2D eigenvalue weighted by Crippen LogP contribution is -2.39. The fourth-order valence-electron chi connectivity index (χ4n) is 2.01. The number of hydrogen-bond donors (Lipinski definition) is 2. The topological polar surface area (TPSA) is 81.4 Å². The van der Waals surface area contributed by atoms with E-state index in [1.165, 1.54) is 0 Å². The van der Waals surface area contributed by atoms with Gasteiger partial charge in [-0.1, -0.05) is 12.1 Å². The molecule has 1 fully saturated rings. The van der Waals surface area contributed by atoms with E-state index in [1.807, 2.05) is 0 Å². The van der Waals surface area contributed by atoms with E-state index in [0.29, 0.717) is 24.5 Å². The van der Waals surface area contributed by atoms with Crippen LogP contribution in [0.5, 0.6) is 0 Å². The van der Waals surface area contributed by atoms with E-state index in [1.54, 1.807) is 24.3 Å². The van der Waals surface area contributed by atoms with Crippen LogP contribution in [0.1, 0.15) is 18.4 Å². The van der Waals surface area contributed by atoms with Gasteiger partial charge in [-0.3, -0.25) is 0 Å². The number of rotatable bonds is 4. The first kappa shape index (κ1) is 13.3. The lowest BCUT2D eigenvalue weighted by molar-refractivity contribution is 0.0832. The summed E-state index contributed by atoms with van der Waals surface area (Å²) in [6.45, 7) is 1.23. The van der Waals surface area contributed by atoms with Crippen LogP contribution in [0, 0.1) is 0 Å². The van der Waals surface area contributed by atoms with E-state index in [4.69, 9.17) is 10.5 Å². The monoisotopic (exact) mass is 270 g/mol. The molecular weight excluding hydrogens is 252 g/mol. The SMILES string of the molecule is Nc1cccc(CS(=O)(=O)NC2CCOCC2)c1. The summed E-state index contributed by atoms with van der Waals surface area (Å²) in [6, 6.07) is 6.93. The van der Waals surface area contributed by atoms with Gasteiger partial charge in [0.1, 0.15) is 0 Å². The molecule has 3 N–H and O–H groups in total. The van der Waals surface area contributed by atoms with Gasteiger partial charge in [0.2, 0.25) is 10.0 Å². The van der Waals surface area contributed by atoms with Crippen molar-refractivity contribution < 1.29 is 13.2 Å². The average Bonchev–Trinajstić information content (AvgIpc) is 2.28. The zero-order valence-electron chi connectivity index (χ0n) is 10.1. The van der Waals surface area contributed by atoms with Crippen LogP contribution in [0.2, 0.25) is 0 Å². The molecule has 0 radical (unpaired) electrons. The van der Waals surface area contributed by atoms with Crippen LogP contribution in [0.4, 0.5) is 5.69 Å². The number of sulfonamides is 1. The van der Waals surface area contributed by atoms with Crippen LogP contribution in [0.3, 0.4) is 0 Å². The molecule has 1 aliphatic heterocycles. The third-order valence-corrected chi connectivity index (χ3v) is 4.28. The van der Waals surface area contributed by atoms with Gasteiger partial charge in [0, 0.05) is 24.9 Å². The van der Waals surface area contributed by atoms with E-state index in [2.05, 4.69) is 4.72 Å². The van der Waals surface area contributed by atoms with E-state index in [-0.39, 0.29) is 11.8 Å². The van der Waals surface area contributed by atoms with Gasteiger partial charge in [-0.05, 0) is 30.5 Å². The molecule has 5 nitrogen and oxygen atoms in total. The third kappa shape index (κ3) is 3.97. The van der Waals surface area contributed by atoms with Crippen molar-refractivity contribution in [1.29, 1.82) is 0 Å². The Hall–Kier alpha value is -1.11. The zero-order chi connectivity index (χ0) is 13.0.